The lowest BCUT2D eigenvalue weighted by Crippen LogP contribution is -2.15. The number of para-hydroxylation sites is 1. The Labute approximate surface area is 186 Å². The number of sulfonamides is 1. The highest BCUT2D eigenvalue weighted by molar-refractivity contribution is 7.92. The van der Waals surface area contributed by atoms with E-state index in [9.17, 15) is 8.42 Å². The van der Waals surface area contributed by atoms with E-state index >= 15 is 0 Å². The highest BCUT2D eigenvalue weighted by atomic mass is 32.2. The van der Waals surface area contributed by atoms with Gasteiger partial charge in [-0.2, -0.15) is 4.98 Å². The smallest absolute Gasteiger partial charge is 0.264 e. The van der Waals surface area contributed by atoms with Gasteiger partial charge in [-0.1, -0.05) is 54.6 Å². The summed E-state index contributed by atoms with van der Waals surface area (Å²) in [5.41, 5.74) is 2.25. The Balaban J connectivity index is 1.74. The molecule has 0 radical (unpaired) electrons. The van der Waals surface area contributed by atoms with Gasteiger partial charge in [-0.25, -0.2) is 18.1 Å². The maximum Gasteiger partial charge on any atom is 0.264 e. The molecule has 0 saturated heterocycles. The van der Waals surface area contributed by atoms with Crippen LogP contribution >= 0.6 is 0 Å². The zero-order valence-corrected chi connectivity index (χ0v) is 18.1. The largest absolute Gasteiger partial charge is 0.439 e. The van der Waals surface area contributed by atoms with Crippen LogP contribution in [0.25, 0.3) is 11.3 Å². The molecule has 0 unspecified atom stereocenters. The molecule has 0 amide bonds. The Bertz CT molecular complexity index is 1300. The Morgan fingerprint density at radius 2 is 1.56 bits per heavy atom. The molecular formula is C24H21N3O4S. The van der Waals surface area contributed by atoms with Crippen LogP contribution in [0.4, 0.5) is 5.95 Å². The number of aromatic nitrogens is 2. The highest BCUT2D eigenvalue weighted by Crippen LogP contribution is 2.27. The number of methoxy groups -OCH3 is 1. The molecule has 8 heteroatoms. The monoisotopic (exact) mass is 447 g/mol. The van der Waals surface area contributed by atoms with Crippen LogP contribution in [0.1, 0.15) is 5.56 Å². The minimum Gasteiger partial charge on any atom is -0.439 e. The van der Waals surface area contributed by atoms with Gasteiger partial charge in [-0.3, -0.25) is 0 Å². The molecule has 0 fully saturated rings. The number of nitrogens with one attached hydrogen (secondary N) is 1. The van der Waals surface area contributed by atoms with Gasteiger partial charge in [-0.05, 0) is 35.9 Å². The predicted octanol–water partition coefficient (Wildman–Crippen LogP) is 4.88. The molecule has 0 saturated carbocycles. The molecule has 162 valence electrons. The van der Waals surface area contributed by atoms with Gasteiger partial charge >= 0.3 is 0 Å². The fourth-order valence-electron chi connectivity index (χ4n) is 3.05. The van der Waals surface area contributed by atoms with E-state index in [1.54, 1.807) is 43.5 Å². The molecule has 0 aliphatic heterocycles. The third kappa shape index (κ3) is 5.29. The minimum absolute atomic E-state index is 0.0885. The first-order chi connectivity index (χ1) is 15.5. The summed E-state index contributed by atoms with van der Waals surface area (Å²) in [4.78, 5) is 8.82. The fraction of sp³-hybridized carbons (Fsp3) is 0.0833. The Kier molecular flexibility index (Phi) is 6.44. The van der Waals surface area contributed by atoms with Crippen molar-refractivity contribution in [2.75, 3.05) is 11.8 Å². The van der Waals surface area contributed by atoms with Crippen molar-refractivity contribution in [1.82, 2.24) is 9.97 Å². The van der Waals surface area contributed by atoms with Crippen LogP contribution in [0, 0.1) is 0 Å². The average molecular weight is 448 g/mol. The first-order valence-corrected chi connectivity index (χ1v) is 11.3. The number of hydrogen-bond donors (Lipinski definition) is 1. The van der Waals surface area contributed by atoms with Gasteiger partial charge in [0, 0.05) is 18.7 Å². The third-order valence-corrected chi connectivity index (χ3v) is 5.83. The van der Waals surface area contributed by atoms with E-state index in [2.05, 4.69) is 14.7 Å². The second-order valence-electron chi connectivity index (χ2n) is 6.88. The highest BCUT2D eigenvalue weighted by Gasteiger charge is 2.17. The SMILES string of the molecule is COCc1cccc(-c2cc(Oc3ccccc3)nc(NS(=O)(=O)c3ccccc3)n2)c1. The van der Waals surface area contributed by atoms with E-state index in [4.69, 9.17) is 9.47 Å². The van der Waals surface area contributed by atoms with Crippen molar-refractivity contribution in [3.05, 3.63) is 96.6 Å². The lowest BCUT2D eigenvalue weighted by Gasteiger charge is -2.12. The molecule has 4 rings (SSSR count). The molecule has 7 nitrogen and oxygen atoms in total. The lowest BCUT2D eigenvalue weighted by atomic mass is 10.1. The molecule has 0 bridgehead atoms. The van der Waals surface area contributed by atoms with Gasteiger partial charge in [0.15, 0.2) is 0 Å². The Morgan fingerprint density at radius 1 is 0.844 bits per heavy atom. The molecule has 3 aromatic carbocycles. The quantitative estimate of drug-likeness (QED) is 0.414. The van der Waals surface area contributed by atoms with Gasteiger partial charge in [-0.15, -0.1) is 0 Å². The topological polar surface area (TPSA) is 90.4 Å². The molecule has 1 aromatic heterocycles. The molecule has 0 atom stereocenters. The maximum atomic E-state index is 12.8. The number of hydrogen-bond acceptors (Lipinski definition) is 6. The summed E-state index contributed by atoms with van der Waals surface area (Å²) in [7, 11) is -2.24. The van der Waals surface area contributed by atoms with E-state index in [-0.39, 0.29) is 16.7 Å². The zero-order valence-electron chi connectivity index (χ0n) is 17.3. The van der Waals surface area contributed by atoms with E-state index in [1.165, 1.54) is 12.1 Å². The second kappa shape index (κ2) is 9.59. The standard InChI is InChI=1S/C24H21N3O4S/c1-30-17-18-9-8-10-19(15-18)22-16-23(31-20-11-4-2-5-12-20)26-24(25-22)27-32(28,29)21-13-6-3-7-14-21/h2-16H,17H2,1H3,(H,25,26,27). The van der Waals surface area contributed by atoms with Gasteiger partial charge in [0.25, 0.3) is 10.0 Å². The molecule has 1 N–H and O–H groups in total. The van der Waals surface area contributed by atoms with Crippen LogP contribution in [0.3, 0.4) is 0 Å². The molecule has 32 heavy (non-hydrogen) atoms. The molecule has 1 heterocycles. The van der Waals surface area contributed by atoms with Crippen LogP contribution < -0.4 is 9.46 Å². The van der Waals surface area contributed by atoms with E-state index in [0.29, 0.717) is 18.1 Å². The third-order valence-electron chi connectivity index (χ3n) is 4.48. The summed E-state index contributed by atoms with van der Waals surface area (Å²) in [6, 6.07) is 26.5. The maximum absolute atomic E-state index is 12.8. The van der Waals surface area contributed by atoms with E-state index < -0.39 is 10.0 Å². The Morgan fingerprint density at radius 3 is 2.28 bits per heavy atom. The van der Waals surface area contributed by atoms with Crippen molar-refractivity contribution in [3.63, 3.8) is 0 Å². The molecular weight excluding hydrogens is 426 g/mol. The van der Waals surface area contributed by atoms with Crippen LogP contribution in [-0.2, 0) is 21.4 Å². The summed E-state index contributed by atoms with van der Waals surface area (Å²) < 4.78 is 39.2. The Hall–Kier alpha value is -3.75. The first kappa shape index (κ1) is 21.5. The van der Waals surface area contributed by atoms with Crippen LogP contribution in [0.2, 0.25) is 0 Å². The molecule has 4 aromatic rings. The lowest BCUT2D eigenvalue weighted by molar-refractivity contribution is 0.185. The van der Waals surface area contributed by atoms with E-state index in [1.807, 2.05) is 42.5 Å². The molecule has 0 aliphatic carbocycles. The van der Waals surface area contributed by atoms with Gasteiger partial charge in [0.2, 0.25) is 11.8 Å². The first-order valence-electron chi connectivity index (χ1n) is 9.81. The summed E-state index contributed by atoms with van der Waals surface area (Å²) in [5, 5.41) is 0. The average Bonchev–Trinajstić information content (AvgIpc) is 2.80. The number of anilines is 1. The number of benzene rings is 3. The zero-order chi connectivity index (χ0) is 22.4. The van der Waals surface area contributed by atoms with Gasteiger partial charge < -0.3 is 9.47 Å². The number of nitrogens with zero attached hydrogens (tertiary/aromatic N) is 2. The predicted molar refractivity (Wildman–Crippen MR) is 122 cm³/mol. The normalized spacial score (nSPS) is 11.2. The summed E-state index contributed by atoms with van der Waals surface area (Å²) >= 11 is 0. The fourth-order valence-corrected chi connectivity index (χ4v) is 4.01. The van der Waals surface area contributed by atoms with Crippen molar-refractivity contribution in [3.8, 4) is 22.9 Å². The van der Waals surface area contributed by atoms with Crippen molar-refractivity contribution in [2.24, 2.45) is 0 Å². The number of ether oxygens (including phenoxy) is 2. The summed E-state index contributed by atoms with van der Waals surface area (Å²) in [5.74, 6) is 0.695. The van der Waals surface area contributed by atoms with Crippen molar-refractivity contribution < 1.29 is 17.9 Å². The van der Waals surface area contributed by atoms with Crippen LogP contribution in [0.15, 0.2) is 95.9 Å². The summed E-state index contributed by atoms with van der Waals surface area (Å²) in [6.45, 7) is 0.444. The van der Waals surface area contributed by atoms with Gasteiger partial charge in [0.1, 0.15) is 5.75 Å². The molecule has 0 aliphatic rings. The van der Waals surface area contributed by atoms with Gasteiger partial charge in [0.05, 0.1) is 17.2 Å². The minimum atomic E-state index is -3.87. The van der Waals surface area contributed by atoms with Crippen molar-refractivity contribution in [1.29, 1.82) is 0 Å². The van der Waals surface area contributed by atoms with Crippen molar-refractivity contribution >= 4 is 16.0 Å². The van der Waals surface area contributed by atoms with E-state index in [0.717, 1.165) is 11.1 Å². The van der Waals surface area contributed by atoms with Crippen LogP contribution in [-0.4, -0.2) is 25.5 Å². The van der Waals surface area contributed by atoms with Crippen molar-refractivity contribution in [2.45, 2.75) is 11.5 Å². The summed E-state index contributed by atoms with van der Waals surface area (Å²) in [6.07, 6.45) is 0. The van der Waals surface area contributed by atoms with Crippen LogP contribution in [0.5, 0.6) is 11.6 Å². The second-order valence-corrected chi connectivity index (χ2v) is 8.56. The number of rotatable bonds is 8. The molecule has 0 spiro atoms.